The van der Waals surface area contributed by atoms with Crippen LogP contribution in [-0.2, 0) is 14.4 Å². The van der Waals surface area contributed by atoms with E-state index in [1.807, 2.05) is 13.8 Å². The maximum absolute atomic E-state index is 12.2. The predicted molar refractivity (Wildman–Crippen MR) is 84.2 cm³/mol. The number of guanidine groups is 1. The molecule has 6 N–H and O–H groups in total. The molecular weight excluding hydrogens is 286 g/mol. The first-order valence-corrected chi connectivity index (χ1v) is 7.36. The Morgan fingerprint density at radius 3 is 2.36 bits per heavy atom. The highest BCUT2D eigenvalue weighted by Crippen LogP contribution is 2.06. The lowest BCUT2D eigenvalue weighted by atomic mass is 10.0. The van der Waals surface area contributed by atoms with E-state index in [4.69, 9.17) is 11.1 Å². The summed E-state index contributed by atoms with van der Waals surface area (Å²) in [7, 11) is 0. The molecule has 22 heavy (non-hydrogen) atoms. The van der Waals surface area contributed by atoms with Gasteiger partial charge in [0.2, 0.25) is 11.8 Å². The molecule has 0 bridgehead atoms. The summed E-state index contributed by atoms with van der Waals surface area (Å²) in [4.78, 5) is 34.4. The third-order valence-electron chi connectivity index (χ3n) is 2.90. The van der Waals surface area contributed by atoms with Crippen molar-refractivity contribution in [2.24, 2.45) is 11.7 Å². The van der Waals surface area contributed by atoms with Gasteiger partial charge in [0.1, 0.15) is 12.3 Å². The number of carbonyl (C=O) groups is 3. The number of carbonyl (C=O) groups excluding carboxylic acids is 3. The SMILES string of the molecule is CC(=O)NC(CC(C)C)C(=O)NC(C=O)CCCNC(=N)N. The Morgan fingerprint density at radius 1 is 1.27 bits per heavy atom. The Morgan fingerprint density at radius 2 is 1.91 bits per heavy atom. The van der Waals surface area contributed by atoms with E-state index >= 15 is 0 Å². The minimum Gasteiger partial charge on any atom is -0.370 e. The fraction of sp³-hybridized carbons (Fsp3) is 0.714. The molecule has 0 aromatic carbocycles. The van der Waals surface area contributed by atoms with Crippen LogP contribution in [0.25, 0.3) is 0 Å². The minimum atomic E-state index is -0.643. The van der Waals surface area contributed by atoms with Crippen molar-refractivity contribution < 1.29 is 14.4 Å². The van der Waals surface area contributed by atoms with Gasteiger partial charge in [0, 0.05) is 13.5 Å². The van der Waals surface area contributed by atoms with Crippen molar-refractivity contribution in [3.63, 3.8) is 0 Å². The molecule has 2 amide bonds. The van der Waals surface area contributed by atoms with E-state index in [9.17, 15) is 14.4 Å². The highest BCUT2D eigenvalue weighted by molar-refractivity contribution is 5.88. The van der Waals surface area contributed by atoms with Crippen LogP contribution in [0.15, 0.2) is 0 Å². The van der Waals surface area contributed by atoms with Crippen LogP contribution in [0.2, 0.25) is 0 Å². The number of aldehydes is 1. The fourth-order valence-corrected chi connectivity index (χ4v) is 1.95. The quantitative estimate of drug-likeness (QED) is 0.160. The van der Waals surface area contributed by atoms with Crippen molar-refractivity contribution >= 4 is 24.1 Å². The fourth-order valence-electron chi connectivity index (χ4n) is 1.95. The molecule has 0 saturated carbocycles. The molecule has 0 rings (SSSR count). The van der Waals surface area contributed by atoms with Gasteiger partial charge >= 0.3 is 0 Å². The van der Waals surface area contributed by atoms with Gasteiger partial charge in [0.15, 0.2) is 5.96 Å². The molecule has 0 fully saturated rings. The minimum absolute atomic E-state index is 0.130. The van der Waals surface area contributed by atoms with Gasteiger partial charge in [-0.1, -0.05) is 13.8 Å². The molecule has 2 atom stereocenters. The highest BCUT2D eigenvalue weighted by Gasteiger charge is 2.22. The number of amides is 2. The monoisotopic (exact) mass is 313 g/mol. The summed E-state index contributed by atoms with van der Waals surface area (Å²) in [5.74, 6) is -0.541. The Labute approximate surface area is 131 Å². The van der Waals surface area contributed by atoms with Gasteiger partial charge in [0.05, 0.1) is 6.04 Å². The molecule has 0 heterocycles. The summed E-state index contributed by atoms with van der Waals surface area (Å²) in [5.41, 5.74) is 5.15. The Hall–Kier alpha value is -2.12. The lowest BCUT2D eigenvalue weighted by Gasteiger charge is -2.21. The van der Waals surface area contributed by atoms with Crippen LogP contribution >= 0.6 is 0 Å². The third-order valence-corrected chi connectivity index (χ3v) is 2.90. The summed E-state index contributed by atoms with van der Waals surface area (Å²) >= 11 is 0. The van der Waals surface area contributed by atoms with Crippen LogP contribution in [-0.4, -0.2) is 42.7 Å². The van der Waals surface area contributed by atoms with Gasteiger partial charge in [-0.3, -0.25) is 15.0 Å². The van der Waals surface area contributed by atoms with Crippen molar-refractivity contribution in [3.05, 3.63) is 0 Å². The molecule has 8 heteroatoms. The molecule has 0 saturated heterocycles. The second-order valence-corrected chi connectivity index (χ2v) is 5.62. The van der Waals surface area contributed by atoms with E-state index in [2.05, 4.69) is 16.0 Å². The van der Waals surface area contributed by atoms with Gasteiger partial charge in [-0.15, -0.1) is 0 Å². The largest absolute Gasteiger partial charge is 0.370 e. The third kappa shape index (κ3) is 9.73. The van der Waals surface area contributed by atoms with E-state index in [0.717, 1.165) is 0 Å². The molecule has 0 aliphatic rings. The van der Waals surface area contributed by atoms with E-state index < -0.39 is 12.1 Å². The first-order valence-electron chi connectivity index (χ1n) is 7.36. The van der Waals surface area contributed by atoms with E-state index in [1.54, 1.807) is 0 Å². The normalized spacial score (nSPS) is 13.1. The van der Waals surface area contributed by atoms with E-state index in [1.165, 1.54) is 6.92 Å². The second-order valence-electron chi connectivity index (χ2n) is 5.62. The standard InChI is InChI=1S/C14H27N5O3/c1-9(2)7-12(18-10(3)21)13(22)19-11(8-20)5-4-6-17-14(15)16/h8-9,11-12H,4-7H2,1-3H3,(H,18,21)(H,19,22)(H4,15,16,17). The van der Waals surface area contributed by atoms with Crippen LogP contribution in [0, 0.1) is 11.3 Å². The van der Waals surface area contributed by atoms with Crippen molar-refractivity contribution in [1.29, 1.82) is 5.41 Å². The van der Waals surface area contributed by atoms with Gasteiger partial charge in [0.25, 0.3) is 0 Å². The van der Waals surface area contributed by atoms with Gasteiger partial charge < -0.3 is 26.5 Å². The van der Waals surface area contributed by atoms with Crippen LogP contribution in [0.3, 0.4) is 0 Å². The molecule has 8 nitrogen and oxygen atoms in total. The van der Waals surface area contributed by atoms with E-state index in [0.29, 0.717) is 32.1 Å². The Balaban J connectivity index is 4.42. The number of nitrogens with one attached hydrogen (secondary N) is 4. The Bertz CT molecular complexity index is 398. The number of hydrogen-bond donors (Lipinski definition) is 5. The van der Waals surface area contributed by atoms with Crippen molar-refractivity contribution in [1.82, 2.24) is 16.0 Å². The maximum Gasteiger partial charge on any atom is 0.243 e. The summed E-state index contributed by atoms with van der Waals surface area (Å²) in [6.07, 6.45) is 2.19. The smallest absolute Gasteiger partial charge is 0.243 e. The molecule has 2 unspecified atom stereocenters. The average molecular weight is 313 g/mol. The molecular formula is C14H27N5O3. The Kier molecular flexibility index (Phi) is 9.56. The van der Waals surface area contributed by atoms with Gasteiger partial charge in [-0.05, 0) is 25.2 Å². The van der Waals surface area contributed by atoms with Crippen LogP contribution in [0.4, 0.5) is 0 Å². The van der Waals surface area contributed by atoms with Crippen molar-refractivity contribution in [3.8, 4) is 0 Å². The summed E-state index contributed by atoms with van der Waals surface area (Å²) in [6, 6.07) is -1.26. The molecule has 0 aromatic heterocycles. The van der Waals surface area contributed by atoms with Crippen LogP contribution in [0.5, 0.6) is 0 Å². The van der Waals surface area contributed by atoms with Crippen LogP contribution in [0.1, 0.15) is 40.0 Å². The van der Waals surface area contributed by atoms with Gasteiger partial charge in [-0.2, -0.15) is 0 Å². The average Bonchev–Trinajstić information content (AvgIpc) is 2.39. The van der Waals surface area contributed by atoms with Crippen LogP contribution < -0.4 is 21.7 Å². The predicted octanol–water partition coefficient (Wildman–Crippen LogP) is -0.516. The number of hydrogen-bond acceptors (Lipinski definition) is 4. The highest BCUT2D eigenvalue weighted by atomic mass is 16.2. The molecule has 0 aliphatic heterocycles. The van der Waals surface area contributed by atoms with Crippen molar-refractivity contribution in [2.45, 2.75) is 52.1 Å². The summed E-state index contributed by atoms with van der Waals surface area (Å²) in [6.45, 7) is 5.71. The molecule has 126 valence electrons. The number of rotatable bonds is 10. The molecule has 0 aromatic rings. The molecule has 0 aliphatic carbocycles. The topological polar surface area (TPSA) is 137 Å². The van der Waals surface area contributed by atoms with Gasteiger partial charge in [-0.25, -0.2) is 0 Å². The van der Waals surface area contributed by atoms with Crippen molar-refractivity contribution in [2.75, 3.05) is 6.54 Å². The zero-order chi connectivity index (χ0) is 17.1. The zero-order valence-corrected chi connectivity index (χ0v) is 13.4. The number of nitrogens with two attached hydrogens (primary N) is 1. The first kappa shape index (κ1) is 19.9. The summed E-state index contributed by atoms with van der Waals surface area (Å²) in [5, 5.41) is 14.9. The summed E-state index contributed by atoms with van der Waals surface area (Å²) < 4.78 is 0. The second kappa shape index (κ2) is 10.6. The maximum atomic E-state index is 12.2. The lowest BCUT2D eigenvalue weighted by Crippen LogP contribution is -2.50. The molecule has 0 spiro atoms. The lowest BCUT2D eigenvalue weighted by molar-refractivity contribution is -0.129. The molecule has 0 radical (unpaired) electrons. The zero-order valence-electron chi connectivity index (χ0n) is 13.4. The first-order chi connectivity index (χ1) is 10.3. The van der Waals surface area contributed by atoms with E-state index in [-0.39, 0.29) is 23.7 Å².